The Labute approximate surface area is 116 Å². The summed E-state index contributed by atoms with van der Waals surface area (Å²) in [6.45, 7) is 7.12. The molecule has 1 aromatic rings. The van der Waals surface area contributed by atoms with Crippen LogP contribution in [0, 0.1) is 0 Å². The Balaban J connectivity index is 1.69. The van der Waals surface area contributed by atoms with E-state index in [9.17, 15) is 0 Å². The largest absolute Gasteiger partial charge is 0.399 e. The van der Waals surface area contributed by atoms with Gasteiger partial charge in [-0.15, -0.1) is 0 Å². The zero-order valence-corrected chi connectivity index (χ0v) is 12.2. The van der Waals surface area contributed by atoms with Crippen LogP contribution < -0.4 is 10.6 Å². The predicted octanol–water partition coefficient (Wildman–Crippen LogP) is 1.34. The number of rotatable bonds is 5. The summed E-state index contributed by atoms with van der Waals surface area (Å²) in [4.78, 5) is 7.27. The van der Waals surface area contributed by atoms with Gasteiger partial charge >= 0.3 is 0 Å². The Morgan fingerprint density at radius 1 is 1.11 bits per heavy atom. The second kappa shape index (κ2) is 6.78. The first-order valence-corrected chi connectivity index (χ1v) is 7.13. The van der Waals surface area contributed by atoms with Gasteiger partial charge in [0.2, 0.25) is 0 Å². The summed E-state index contributed by atoms with van der Waals surface area (Å²) in [5, 5.41) is 0. The standard InChI is InChI=1S/C15H26N4/c1-17-10-12-19(13-11-17)9-3-8-18(2)15-6-4-14(16)5-7-15/h4-7H,3,8-13,16H2,1-2H3. The van der Waals surface area contributed by atoms with Crippen molar-refractivity contribution in [3.05, 3.63) is 24.3 Å². The summed E-state index contributed by atoms with van der Waals surface area (Å²) in [5.74, 6) is 0. The molecule has 1 aliphatic heterocycles. The monoisotopic (exact) mass is 262 g/mol. The topological polar surface area (TPSA) is 35.7 Å². The molecule has 106 valence electrons. The van der Waals surface area contributed by atoms with Crippen LogP contribution in [0.5, 0.6) is 0 Å². The normalized spacial score (nSPS) is 17.6. The van der Waals surface area contributed by atoms with E-state index in [-0.39, 0.29) is 0 Å². The molecule has 1 saturated heterocycles. The molecule has 19 heavy (non-hydrogen) atoms. The maximum Gasteiger partial charge on any atom is 0.0365 e. The summed E-state index contributed by atoms with van der Waals surface area (Å²) < 4.78 is 0. The van der Waals surface area contributed by atoms with Crippen LogP contribution in [-0.4, -0.2) is 63.2 Å². The van der Waals surface area contributed by atoms with Crippen LogP contribution in [-0.2, 0) is 0 Å². The molecule has 0 aliphatic carbocycles. The maximum absolute atomic E-state index is 5.71. The third kappa shape index (κ3) is 4.40. The molecule has 1 aliphatic rings. The number of nitrogens with zero attached hydrogens (tertiary/aromatic N) is 3. The maximum atomic E-state index is 5.71. The zero-order valence-electron chi connectivity index (χ0n) is 12.2. The van der Waals surface area contributed by atoms with E-state index in [2.05, 4.69) is 40.9 Å². The van der Waals surface area contributed by atoms with Gasteiger partial charge in [-0.1, -0.05) is 0 Å². The molecule has 0 unspecified atom stereocenters. The smallest absolute Gasteiger partial charge is 0.0365 e. The number of nitrogen functional groups attached to an aromatic ring is 1. The molecule has 0 spiro atoms. The molecular formula is C15H26N4. The van der Waals surface area contributed by atoms with Crippen molar-refractivity contribution in [3.63, 3.8) is 0 Å². The van der Waals surface area contributed by atoms with Crippen LogP contribution >= 0.6 is 0 Å². The number of piperazine rings is 1. The van der Waals surface area contributed by atoms with Crippen molar-refractivity contribution in [1.29, 1.82) is 0 Å². The first-order chi connectivity index (χ1) is 9.15. The van der Waals surface area contributed by atoms with Gasteiger partial charge < -0.3 is 20.4 Å². The second-order valence-electron chi connectivity index (χ2n) is 5.51. The Kier molecular flexibility index (Phi) is 5.05. The third-order valence-electron chi connectivity index (χ3n) is 3.90. The summed E-state index contributed by atoms with van der Waals surface area (Å²) >= 11 is 0. The predicted molar refractivity (Wildman–Crippen MR) is 82.7 cm³/mol. The molecule has 4 nitrogen and oxygen atoms in total. The fraction of sp³-hybridized carbons (Fsp3) is 0.600. The molecule has 2 N–H and O–H groups in total. The minimum absolute atomic E-state index is 0.828. The summed E-state index contributed by atoms with van der Waals surface area (Å²) in [6, 6.07) is 8.11. The summed E-state index contributed by atoms with van der Waals surface area (Å²) in [6.07, 6.45) is 1.21. The van der Waals surface area contributed by atoms with E-state index in [1.54, 1.807) is 0 Å². The van der Waals surface area contributed by atoms with Crippen LogP contribution in [0.4, 0.5) is 11.4 Å². The van der Waals surface area contributed by atoms with E-state index < -0.39 is 0 Å². The van der Waals surface area contributed by atoms with E-state index in [1.807, 2.05) is 12.1 Å². The lowest BCUT2D eigenvalue weighted by Gasteiger charge is -2.32. The minimum Gasteiger partial charge on any atom is -0.399 e. The molecule has 0 aromatic heterocycles. The van der Waals surface area contributed by atoms with Gasteiger partial charge in [-0.25, -0.2) is 0 Å². The lowest BCUT2D eigenvalue weighted by molar-refractivity contribution is 0.153. The minimum atomic E-state index is 0.828. The average Bonchev–Trinajstić information content (AvgIpc) is 2.41. The first kappa shape index (κ1) is 14.2. The first-order valence-electron chi connectivity index (χ1n) is 7.13. The van der Waals surface area contributed by atoms with E-state index in [4.69, 9.17) is 5.73 Å². The van der Waals surface area contributed by atoms with E-state index >= 15 is 0 Å². The molecule has 4 heteroatoms. The molecule has 0 bridgehead atoms. The van der Waals surface area contributed by atoms with Crippen molar-refractivity contribution in [2.75, 3.05) is 64.0 Å². The van der Waals surface area contributed by atoms with Gasteiger partial charge in [-0.3, -0.25) is 0 Å². The van der Waals surface area contributed by atoms with Gasteiger partial charge in [0.15, 0.2) is 0 Å². The number of likely N-dealkylation sites (N-methyl/N-ethyl adjacent to an activating group) is 1. The van der Waals surface area contributed by atoms with Crippen molar-refractivity contribution in [2.45, 2.75) is 6.42 Å². The van der Waals surface area contributed by atoms with Crippen LogP contribution in [0.15, 0.2) is 24.3 Å². The Morgan fingerprint density at radius 2 is 1.74 bits per heavy atom. The number of hydrogen-bond donors (Lipinski definition) is 1. The number of benzene rings is 1. The van der Waals surface area contributed by atoms with Gasteiger partial charge in [-0.2, -0.15) is 0 Å². The van der Waals surface area contributed by atoms with Gasteiger partial charge in [-0.05, 0) is 44.3 Å². The fourth-order valence-corrected chi connectivity index (χ4v) is 2.46. The molecule has 0 radical (unpaired) electrons. The highest BCUT2D eigenvalue weighted by Crippen LogP contribution is 2.15. The lowest BCUT2D eigenvalue weighted by Crippen LogP contribution is -2.45. The van der Waals surface area contributed by atoms with Crippen LogP contribution in [0.3, 0.4) is 0 Å². The van der Waals surface area contributed by atoms with Crippen LogP contribution in [0.25, 0.3) is 0 Å². The van der Waals surface area contributed by atoms with Gasteiger partial charge in [0.05, 0.1) is 0 Å². The molecule has 0 amide bonds. The van der Waals surface area contributed by atoms with Crippen molar-refractivity contribution in [3.8, 4) is 0 Å². The number of hydrogen-bond acceptors (Lipinski definition) is 4. The van der Waals surface area contributed by atoms with E-state index in [0.29, 0.717) is 0 Å². The average molecular weight is 262 g/mol. The van der Waals surface area contributed by atoms with Gasteiger partial charge in [0.1, 0.15) is 0 Å². The zero-order chi connectivity index (χ0) is 13.7. The van der Waals surface area contributed by atoms with Gasteiger partial charge in [0.25, 0.3) is 0 Å². The van der Waals surface area contributed by atoms with E-state index in [1.165, 1.54) is 44.8 Å². The lowest BCUT2D eigenvalue weighted by atomic mass is 10.2. The second-order valence-corrected chi connectivity index (χ2v) is 5.51. The van der Waals surface area contributed by atoms with Crippen molar-refractivity contribution in [1.82, 2.24) is 9.80 Å². The molecule has 2 rings (SSSR count). The molecular weight excluding hydrogens is 236 g/mol. The highest BCUT2D eigenvalue weighted by atomic mass is 15.2. The highest BCUT2D eigenvalue weighted by molar-refractivity contribution is 5.52. The van der Waals surface area contributed by atoms with Crippen molar-refractivity contribution < 1.29 is 0 Å². The molecule has 0 saturated carbocycles. The van der Waals surface area contributed by atoms with Gasteiger partial charge in [0, 0.05) is 51.1 Å². The van der Waals surface area contributed by atoms with Crippen LogP contribution in [0.2, 0.25) is 0 Å². The SMILES string of the molecule is CN1CCN(CCCN(C)c2ccc(N)cc2)CC1. The Bertz CT molecular complexity index is 368. The summed E-state index contributed by atoms with van der Waals surface area (Å²) in [7, 11) is 4.35. The fourth-order valence-electron chi connectivity index (χ4n) is 2.46. The number of nitrogens with two attached hydrogens (primary N) is 1. The Morgan fingerprint density at radius 3 is 2.37 bits per heavy atom. The third-order valence-corrected chi connectivity index (χ3v) is 3.90. The molecule has 1 heterocycles. The molecule has 1 fully saturated rings. The number of anilines is 2. The van der Waals surface area contributed by atoms with Crippen molar-refractivity contribution in [2.24, 2.45) is 0 Å². The van der Waals surface area contributed by atoms with Crippen LogP contribution in [0.1, 0.15) is 6.42 Å². The molecule has 0 atom stereocenters. The highest BCUT2D eigenvalue weighted by Gasteiger charge is 2.13. The quantitative estimate of drug-likeness (QED) is 0.813. The van der Waals surface area contributed by atoms with E-state index in [0.717, 1.165) is 12.2 Å². The van der Waals surface area contributed by atoms with Crippen molar-refractivity contribution >= 4 is 11.4 Å². The molecule has 1 aromatic carbocycles. The summed E-state index contributed by atoms with van der Waals surface area (Å²) in [5.41, 5.74) is 7.78. The Hall–Kier alpha value is -1.26.